The lowest BCUT2D eigenvalue weighted by molar-refractivity contribution is 0.351. The molecule has 0 spiro atoms. The molecule has 0 atom stereocenters. The molecule has 0 aliphatic carbocycles. The highest BCUT2D eigenvalue weighted by atomic mass is 127. The average molecular weight is 502 g/mol. The largest absolute Gasteiger partial charge is 0.493 e. The third-order valence-corrected chi connectivity index (χ3v) is 4.57. The lowest BCUT2D eigenvalue weighted by Gasteiger charge is -2.15. The zero-order valence-corrected chi connectivity index (χ0v) is 19.6. The second-order valence-corrected chi connectivity index (χ2v) is 6.16. The Bertz CT molecular complexity index is 745. The number of methoxy groups -OCH3 is 2. The maximum absolute atomic E-state index is 5.46. The van der Waals surface area contributed by atoms with E-state index in [-0.39, 0.29) is 24.0 Å². The second kappa shape index (κ2) is 12.5. The molecule has 1 heterocycles. The third kappa shape index (κ3) is 6.29. The van der Waals surface area contributed by atoms with Crippen LogP contribution in [0.2, 0.25) is 0 Å². The van der Waals surface area contributed by atoms with Crippen molar-refractivity contribution in [3.8, 4) is 11.5 Å². The van der Waals surface area contributed by atoms with Crippen molar-refractivity contribution in [2.24, 2.45) is 4.99 Å². The first-order valence-electron chi connectivity index (χ1n) is 9.26. The lowest BCUT2D eigenvalue weighted by Crippen LogP contribution is -2.36. The number of hydrogen-bond acceptors (Lipinski definition) is 5. The smallest absolute Gasteiger partial charge is 0.191 e. The molecule has 0 aliphatic heterocycles. The summed E-state index contributed by atoms with van der Waals surface area (Å²) in [5, 5.41) is 10.7. The zero-order valence-electron chi connectivity index (χ0n) is 17.2. The number of nitrogens with zero attached hydrogens (tertiary/aromatic N) is 2. The molecule has 0 fully saturated rings. The number of para-hydroxylation sites is 1. The van der Waals surface area contributed by atoms with Gasteiger partial charge < -0.3 is 24.6 Å². The summed E-state index contributed by atoms with van der Waals surface area (Å²) in [4.78, 5) is 4.25. The van der Waals surface area contributed by atoms with E-state index in [0.717, 1.165) is 29.9 Å². The molecule has 2 N–H and O–H groups in total. The van der Waals surface area contributed by atoms with Crippen LogP contribution < -0.4 is 20.1 Å². The molecule has 1 aromatic carbocycles. The molecule has 0 saturated heterocycles. The van der Waals surface area contributed by atoms with Crippen molar-refractivity contribution < 1.29 is 14.0 Å². The standard InChI is InChI=1S/C20H30N4O3.HI/c1-6-14(7-2)17-11-16(27-24-17)13-23-20(21-3)22-12-15-9-8-10-18(25-4)19(15)26-5;/h8-11,14H,6-7,12-13H2,1-5H3,(H2,21,22,23);1H. The molecule has 2 rings (SSSR count). The maximum Gasteiger partial charge on any atom is 0.191 e. The highest BCUT2D eigenvalue weighted by Crippen LogP contribution is 2.30. The van der Waals surface area contributed by atoms with Crippen molar-refractivity contribution >= 4 is 29.9 Å². The van der Waals surface area contributed by atoms with Gasteiger partial charge in [-0.3, -0.25) is 4.99 Å². The van der Waals surface area contributed by atoms with Gasteiger partial charge in [-0.2, -0.15) is 0 Å². The molecule has 1 aromatic heterocycles. The van der Waals surface area contributed by atoms with Crippen molar-refractivity contribution in [3.05, 3.63) is 41.3 Å². The molecular formula is C20H31IN4O3. The minimum Gasteiger partial charge on any atom is -0.493 e. The van der Waals surface area contributed by atoms with Gasteiger partial charge in [0.2, 0.25) is 0 Å². The monoisotopic (exact) mass is 502 g/mol. The second-order valence-electron chi connectivity index (χ2n) is 6.16. The van der Waals surface area contributed by atoms with E-state index in [1.807, 2.05) is 24.3 Å². The van der Waals surface area contributed by atoms with Crippen LogP contribution in [0.5, 0.6) is 11.5 Å². The Morgan fingerprint density at radius 1 is 1.14 bits per heavy atom. The molecule has 0 amide bonds. The highest BCUT2D eigenvalue weighted by molar-refractivity contribution is 14.0. The summed E-state index contributed by atoms with van der Waals surface area (Å²) in [6, 6.07) is 7.81. The van der Waals surface area contributed by atoms with Gasteiger partial charge in [-0.1, -0.05) is 31.1 Å². The highest BCUT2D eigenvalue weighted by Gasteiger charge is 2.13. The van der Waals surface area contributed by atoms with Gasteiger partial charge in [0.1, 0.15) is 0 Å². The van der Waals surface area contributed by atoms with Gasteiger partial charge in [0.15, 0.2) is 23.2 Å². The van der Waals surface area contributed by atoms with Crippen LogP contribution in [-0.2, 0) is 13.1 Å². The van der Waals surface area contributed by atoms with Crippen molar-refractivity contribution in [2.75, 3.05) is 21.3 Å². The van der Waals surface area contributed by atoms with Gasteiger partial charge in [0.25, 0.3) is 0 Å². The normalized spacial score (nSPS) is 11.1. The Balaban J connectivity index is 0.00000392. The Morgan fingerprint density at radius 2 is 1.86 bits per heavy atom. The Hall–Kier alpha value is -1.97. The third-order valence-electron chi connectivity index (χ3n) is 4.57. The predicted molar refractivity (Wildman–Crippen MR) is 122 cm³/mol. The van der Waals surface area contributed by atoms with E-state index in [4.69, 9.17) is 14.0 Å². The number of guanidine groups is 1. The molecule has 0 radical (unpaired) electrons. The summed E-state index contributed by atoms with van der Waals surface area (Å²) in [7, 11) is 4.99. The molecule has 7 nitrogen and oxygen atoms in total. The SMILES string of the molecule is CCC(CC)c1cc(CNC(=NC)NCc2cccc(OC)c2OC)on1.I. The van der Waals surface area contributed by atoms with Gasteiger partial charge in [0, 0.05) is 31.1 Å². The van der Waals surface area contributed by atoms with Crippen LogP contribution in [0.15, 0.2) is 33.8 Å². The quantitative estimate of drug-likeness (QED) is 0.306. The van der Waals surface area contributed by atoms with E-state index in [2.05, 4.69) is 34.6 Å². The van der Waals surface area contributed by atoms with E-state index in [1.165, 1.54) is 0 Å². The van der Waals surface area contributed by atoms with Crippen molar-refractivity contribution in [2.45, 2.75) is 45.7 Å². The van der Waals surface area contributed by atoms with Crippen molar-refractivity contribution in [1.82, 2.24) is 15.8 Å². The molecule has 8 heteroatoms. The maximum atomic E-state index is 5.46. The minimum atomic E-state index is 0. The van der Waals surface area contributed by atoms with Gasteiger partial charge in [-0.05, 0) is 18.9 Å². The van der Waals surface area contributed by atoms with Gasteiger partial charge >= 0.3 is 0 Å². The topological polar surface area (TPSA) is 80.9 Å². The van der Waals surface area contributed by atoms with E-state index in [0.29, 0.717) is 36.5 Å². The van der Waals surface area contributed by atoms with Crippen LogP contribution in [0.4, 0.5) is 0 Å². The lowest BCUT2D eigenvalue weighted by atomic mass is 9.99. The number of nitrogens with one attached hydrogen (secondary N) is 2. The Morgan fingerprint density at radius 3 is 2.46 bits per heavy atom. The van der Waals surface area contributed by atoms with Crippen LogP contribution >= 0.6 is 24.0 Å². The first-order chi connectivity index (χ1) is 13.2. The molecular weight excluding hydrogens is 471 g/mol. The average Bonchev–Trinajstić information content (AvgIpc) is 3.17. The number of halogens is 1. The molecule has 0 unspecified atom stereocenters. The van der Waals surface area contributed by atoms with Gasteiger partial charge in [-0.25, -0.2) is 0 Å². The molecule has 0 bridgehead atoms. The Labute approximate surface area is 184 Å². The molecule has 0 saturated carbocycles. The van der Waals surface area contributed by atoms with E-state index in [1.54, 1.807) is 21.3 Å². The fourth-order valence-corrected chi connectivity index (χ4v) is 2.97. The van der Waals surface area contributed by atoms with E-state index in [9.17, 15) is 0 Å². The number of benzene rings is 1. The van der Waals surface area contributed by atoms with Crippen LogP contribution in [0, 0.1) is 0 Å². The van der Waals surface area contributed by atoms with Crippen LogP contribution in [0.1, 0.15) is 49.6 Å². The van der Waals surface area contributed by atoms with Gasteiger partial charge in [0.05, 0.1) is 26.5 Å². The summed E-state index contributed by atoms with van der Waals surface area (Å²) in [6.45, 7) is 5.40. The van der Waals surface area contributed by atoms with Crippen LogP contribution in [0.3, 0.4) is 0 Å². The first kappa shape index (κ1) is 24.1. The van der Waals surface area contributed by atoms with Crippen molar-refractivity contribution in [1.29, 1.82) is 0 Å². The molecule has 28 heavy (non-hydrogen) atoms. The number of rotatable bonds is 9. The van der Waals surface area contributed by atoms with E-state index < -0.39 is 0 Å². The number of ether oxygens (including phenoxy) is 2. The minimum absolute atomic E-state index is 0. The summed E-state index contributed by atoms with van der Waals surface area (Å²) >= 11 is 0. The van der Waals surface area contributed by atoms with E-state index >= 15 is 0 Å². The van der Waals surface area contributed by atoms with Gasteiger partial charge in [-0.15, -0.1) is 24.0 Å². The summed E-state index contributed by atoms with van der Waals surface area (Å²) < 4.78 is 16.2. The zero-order chi connectivity index (χ0) is 19.6. The fourth-order valence-electron chi connectivity index (χ4n) is 2.97. The Kier molecular flexibility index (Phi) is 10.7. The molecule has 2 aromatic rings. The molecule has 0 aliphatic rings. The summed E-state index contributed by atoms with van der Waals surface area (Å²) in [6.07, 6.45) is 2.11. The van der Waals surface area contributed by atoms with Crippen LogP contribution in [0.25, 0.3) is 0 Å². The molecule has 156 valence electrons. The first-order valence-corrected chi connectivity index (χ1v) is 9.26. The number of hydrogen-bond donors (Lipinski definition) is 2. The van der Waals surface area contributed by atoms with Crippen molar-refractivity contribution in [3.63, 3.8) is 0 Å². The summed E-state index contributed by atoms with van der Waals surface area (Å²) in [5.74, 6) is 3.32. The fraction of sp³-hybridized carbons (Fsp3) is 0.500. The predicted octanol–water partition coefficient (Wildman–Crippen LogP) is 4.08. The summed E-state index contributed by atoms with van der Waals surface area (Å²) in [5.41, 5.74) is 2.00. The van der Waals surface area contributed by atoms with Crippen LogP contribution in [-0.4, -0.2) is 32.4 Å². The number of aliphatic imine (C=N–C) groups is 1. The number of aromatic nitrogens is 1.